The molecule has 2 nitrogen and oxygen atoms in total. The Kier molecular flexibility index (Phi) is 4.56. The molecule has 0 fully saturated rings. The highest BCUT2D eigenvalue weighted by Crippen LogP contribution is 2.31. The highest BCUT2D eigenvalue weighted by molar-refractivity contribution is 5.46. The average molecular weight is 265 g/mol. The highest BCUT2D eigenvalue weighted by Gasteiger charge is 2.31. The quantitative estimate of drug-likeness (QED) is 0.819. The van der Waals surface area contributed by atoms with E-state index in [0.29, 0.717) is 6.07 Å². The molecule has 0 aliphatic carbocycles. The van der Waals surface area contributed by atoms with Gasteiger partial charge in [0.15, 0.2) is 0 Å². The first-order valence-electron chi connectivity index (χ1n) is 5.50. The molecule has 0 heterocycles. The van der Waals surface area contributed by atoms with E-state index >= 15 is 0 Å². The molecule has 0 saturated heterocycles. The van der Waals surface area contributed by atoms with E-state index in [-0.39, 0.29) is 18.2 Å². The molecule has 0 amide bonds. The summed E-state index contributed by atoms with van der Waals surface area (Å²) in [6.07, 6.45) is -5.12. The predicted octanol–water partition coefficient (Wildman–Crippen LogP) is 3.27. The number of halogens is 4. The molecule has 0 aliphatic heterocycles. The molecule has 1 aromatic rings. The second kappa shape index (κ2) is 5.56. The van der Waals surface area contributed by atoms with Gasteiger partial charge in [0.2, 0.25) is 0 Å². The lowest BCUT2D eigenvalue weighted by Crippen LogP contribution is -2.22. The van der Waals surface area contributed by atoms with Gasteiger partial charge in [-0.1, -0.05) is 6.92 Å². The van der Waals surface area contributed by atoms with Crippen LogP contribution in [0.3, 0.4) is 0 Å². The molecule has 2 atom stereocenters. The van der Waals surface area contributed by atoms with E-state index in [1.807, 2.05) is 0 Å². The third-order valence-electron chi connectivity index (χ3n) is 2.73. The van der Waals surface area contributed by atoms with Crippen LogP contribution in [0.5, 0.6) is 0 Å². The predicted molar refractivity (Wildman–Crippen MR) is 60.7 cm³/mol. The zero-order valence-electron chi connectivity index (χ0n) is 10.1. The van der Waals surface area contributed by atoms with Gasteiger partial charge in [-0.2, -0.15) is 13.2 Å². The first-order valence-corrected chi connectivity index (χ1v) is 5.50. The Morgan fingerprint density at radius 2 is 1.89 bits per heavy atom. The minimum absolute atomic E-state index is 0.00417. The van der Waals surface area contributed by atoms with Crippen LogP contribution in [-0.4, -0.2) is 17.8 Å². The van der Waals surface area contributed by atoms with E-state index in [4.69, 9.17) is 0 Å². The van der Waals surface area contributed by atoms with Gasteiger partial charge in [0, 0.05) is 6.54 Å². The highest BCUT2D eigenvalue weighted by atomic mass is 19.4. The number of benzene rings is 1. The maximum Gasteiger partial charge on any atom is 0.416 e. The van der Waals surface area contributed by atoms with Crippen LogP contribution in [0.1, 0.15) is 19.4 Å². The number of hydrogen-bond acceptors (Lipinski definition) is 2. The van der Waals surface area contributed by atoms with E-state index in [9.17, 15) is 22.7 Å². The molecule has 102 valence electrons. The van der Waals surface area contributed by atoms with Crippen molar-refractivity contribution in [2.75, 3.05) is 11.9 Å². The van der Waals surface area contributed by atoms with Crippen LogP contribution in [0.25, 0.3) is 0 Å². The summed E-state index contributed by atoms with van der Waals surface area (Å²) in [7, 11) is 0. The Hall–Kier alpha value is -1.30. The average Bonchev–Trinajstić information content (AvgIpc) is 2.25. The first-order chi connectivity index (χ1) is 8.21. The van der Waals surface area contributed by atoms with Crippen LogP contribution in [0.15, 0.2) is 18.2 Å². The van der Waals surface area contributed by atoms with E-state index < -0.39 is 23.7 Å². The molecule has 0 aromatic heterocycles. The standard InChI is InChI=1S/C12H15F4NO/c1-7(8(2)18)6-17-11-4-3-9(5-10(11)13)12(14,15)16/h3-5,7-8,17-18H,6H2,1-2H3. The number of aliphatic hydroxyl groups excluding tert-OH is 1. The number of aliphatic hydroxyl groups is 1. The number of anilines is 1. The minimum atomic E-state index is -4.55. The van der Waals surface area contributed by atoms with Crippen molar-refractivity contribution in [1.29, 1.82) is 0 Å². The van der Waals surface area contributed by atoms with Crippen molar-refractivity contribution in [3.8, 4) is 0 Å². The maximum atomic E-state index is 13.4. The summed E-state index contributed by atoms with van der Waals surface area (Å²) in [5, 5.41) is 11.9. The zero-order valence-corrected chi connectivity index (χ0v) is 10.1. The van der Waals surface area contributed by atoms with E-state index in [1.54, 1.807) is 13.8 Å². The van der Waals surface area contributed by atoms with Crippen molar-refractivity contribution < 1.29 is 22.7 Å². The maximum absolute atomic E-state index is 13.4. The van der Waals surface area contributed by atoms with Crippen LogP contribution in [0, 0.1) is 11.7 Å². The fraction of sp³-hybridized carbons (Fsp3) is 0.500. The molecular weight excluding hydrogens is 250 g/mol. The Balaban J connectivity index is 2.75. The van der Waals surface area contributed by atoms with E-state index in [1.165, 1.54) is 0 Å². The van der Waals surface area contributed by atoms with Gasteiger partial charge in [0.05, 0.1) is 17.4 Å². The molecule has 2 unspecified atom stereocenters. The van der Waals surface area contributed by atoms with Gasteiger partial charge in [-0.15, -0.1) is 0 Å². The fourth-order valence-corrected chi connectivity index (χ4v) is 1.28. The Labute approximate surface area is 103 Å². The van der Waals surface area contributed by atoms with Gasteiger partial charge in [-0.25, -0.2) is 4.39 Å². The molecule has 0 saturated carbocycles. The van der Waals surface area contributed by atoms with Crippen molar-refractivity contribution in [3.05, 3.63) is 29.6 Å². The molecule has 0 radical (unpaired) electrons. The van der Waals surface area contributed by atoms with E-state index in [2.05, 4.69) is 5.32 Å². The molecule has 0 aliphatic rings. The van der Waals surface area contributed by atoms with Crippen LogP contribution in [-0.2, 0) is 6.18 Å². The largest absolute Gasteiger partial charge is 0.416 e. The van der Waals surface area contributed by atoms with Crippen LogP contribution in [0.2, 0.25) is 0 Å². The first kappa shape index (κ1) is 14.8. The molecule has 2 N–H and O–H groups in total. The van der Waals surface area contributed by atoms with Crippen LogP contribution >= 0.6 is 0 Å². The zero-order chi connectivity index (χ0) is 13.9. The van der Waals surface area contributed by atoms with Crippen LogP contribution < -0.4 is 5.32 Å². The third-order valence-corrected chi connectivity index (χ3v) is 2.73. The minimum Gasteiger partial charge on any atom is -0.393 e. The van der Waals surface area contributed by atoms with Gasteiger partial charge in [-0.05, 0) is 31.0 Å². The van der Waals surface area contributed by atoms with Crippen molar-refractivity contribution >= 4 is 5.69 Å². The molecule has 1 rings (SSSR count). The van der Waals surface area contributed by atoms with Gasteiger partial charge >= 0.3 is 6.18 Å². The number of hydrogen-bond donors (Lipinski definition) is 2. The van der Waals surface area contributed by atoms with E-state index in [0.717, 1.165) is 12.1 Å². The summed E-state index contributed by atoms with van der Waals surface area (Å²) in [6, 6.07) is 2.32. The molecule has 0 spiro atoms. The molecule has 1 aromatic carbocycles. The lowest BCUT2D eigenvalue weighted by atomic mass is 10.1. The van der Waals surface area contributed by atoms with Gasteiger partial charge < -0.3 is 10.4 Å². The monoisotopic (exact) mass is 265 g/mol. The smallest absolute Gasteiger partial charge is 0.393 e. The van der Waals surface area contributed by atoms with Crippen molar-refractivity contribution in [1.82, 2.24) is 0 Å². The SMILES string of the molecule is CC(O)C(C)CNc1ccc(C(F)(F)F)cc1F. The summed E-state index contributed by atoms with van der Waals surface area (Å²) < 4.78 is 50.3. The summed E-state index contributed by atoms with van der Waals surface area (Å²) in [4.78, 5) is 0. The summed E-state index contributed by atoms with van der Waals surface area (Å²) in [5.74, 6) is -1.09. The second-order valence-corrected chi connectivity index (χ2v) is 4.29. The lowest BCUT2D eigenvalue weighted by molar-refractivity contribution is -0.137. The molecule has 0 bridgehead atoms. The number of alkyl halides is 3. The van der Waals surface area contributed by atoms with Gasteiger partial charge in [0.1, 0.15) is 5.82 Å². The van der Waals surface area contributed by atoms with Crippen LogP contribution in [0.4, 0.5) is 23.2 Å². The Morgan fingerprint density at radius 1 is 1.28 bits per heavy atom. The summed E-state index contributed by atoms with van der Waals surface area (Å²) in [5.41, 5.74) is -1.02. The summed E-state index contributed by atoms with van der Waals surface area (Å²) >= 11 is 0. The van der Waals surface area contributed by atoms with Crippen molar-refractivity contribution in [2.45, 2.75) is 26.1 Å². The normalized spacial score (nSPS) is 15.3. The Bertz CT molecular complexity index is 404. The van der Waals surface area contributed by atoms with Gasteiger partial charge in [-0.3, -0.25) is 0 Å². The fourth-order valence-electron chi connectivity index (χ4n) is 1.28. The summed E-state index contributed by atoms with van der Waals surface area (Å²) in [6.45, 7) is 3.62. The van der Waals surface area contributed by atoms with Crippen molar-refractivity contribution in [2.24, 2.45) is 5.92 Å². The van der Waals surface area contributed by atoms with Crippen molar-refractivity contribution in [3.63, 3.8) is 0 Å². The molecule has 18 heavy (non-hydrogen) atoms. The molecule has 6 heteroatoms. The number of nitrogens with one attached hydrogen (secondary N) is 1. The van der Waals surface area contributed by atoms with Gasteiger partial charge in [0.25, 0.3) is 0 Å². The third kappa shape index (κ3) is 3.87. The topological polar surface area (TPSA) is 32.3 Å². The molecular formula is C12H15F4NO. The lowest BCUT2D eigenvalue weighted by Gasteiger charge is -2.17. The second-order valence-electron chi connectivity index (χ2n) is 4.29. The Morgan fingerprint density at radius 3 is 2.33 bits per heavy atom. The number of rotatable bonds is 4.